The third kappa shape index (κ3) is 4.08. The molecule has 6 nitrogen and oxygen atoms in total. The third-order valence-electron chi connectivity index (χ3n) is 4.99. The number of hydrogen-bond donors (Lipinski definition) is 0. The van der Waals surface area contributed by atoms with E-state index in [1.54, 1.807) is 29.5 Å². The fraction of sp³-hybridized carbons (Fsp3) is 0.400. The van der Waals surface area contributed by atoms with Crippen LogP contribution in [0.5, 0.6) is 0 Å². The zero-order valence-electron chi connectivity index (χ0n) is 15.4. The van der Waals surface area contributed by atoms with Crippen molar-refractivity contribution in [3.05, 3.63) is 53.3 Å². The molecule has 1 fully saturated rings. The van der Waals surface area contributed by atoms with Crippen molar-refractivity contribution in [3.63, 3.8) is 0 Å². The van der Waals surface area contributed by atoms with E-state index in [2.05, 4.69) is 15.3 Å². The molecule has 0 unspecified atom stereocenters. The number of carbonyl (C=O) groups excluding carboxylic acids is 1. The fourth-order valence-corrected chi connectivity index (χ4v) is 4.47. The van der Waals surface area contributed by atoms with E-state index in [4.69, 9.17) is 0 Å². The number of rotatable bonds is 5. The third-order valence-corrected chi connectivity index (χ3v) is 6.02. The first-order chi connectivity index (χ1) is 13.2. The van der Waals surface area contributed by atoms with Crippen LogP contribution in [0.4, 0.5) is 0 Å². The van der Waals surface area contributed by atoms with E-state index in [-0.39, 0.29) is 5.91 Å². The number of thiazole rings is 1. The van der Waals surface area contributed by atoms with Crippen LogP contribution in [0.15, 0.2) is 42.7 Å². The standard InChI is InChI=1S/C20H23N5OS/c1-24(13-17-12-21-19(27-17)15-8-4-2-5-9-15)20(26)18-14-25(23-22-18)16-10-6-3-7-11-16/h2,4-5,8-9,12,14,16H,3,6-7,10-11,13H2,1H3. The summed E-state index contributed by atoms with van der Waals surface area (Å²) in [5.41, 5.74) is 1.51. The largest absolute Gasteiger partial charge is 0.335 e. The van der Waals surface area contributed by atoms with Gasteiger partial charge < -0.3 is 4.90 Å². The van der Waals surface area contributed by atoms with Crippen LogP contribution < -0.4 is 0 Å². The molecule has 2 aromatic heterocycles. The lowest BCUT2D eigenvalue weighted by Gasteiger charge is -2.21. The Labute approximate surface area is 162 Å². The number of amides is 1. The summed E-state index contributed by atoms with van der Waals surface area (Å²) in [6.07, 6.45) is 9.63. The van der Waals surface area contributed by atoms with Gasteiger partial charge in [0.2, 0.25) is 0 Å². The van der Waals surface area contributed by atoms with Gasteiger partial charge in [-0.3, -0.25) is 4.79 Å². The average molecular weight is 382 g/mol. The minimum atomic E-state index is -0.105. The SMILES string of the molecule is CN(Cc1cnc(-c2ccccc2)s1)C(=O)c1cn(C2CCCCC2)nn1. The number of hydrogen-bond acceptors (Lipinski definition) is 5. The van der Waals surface area contributed by atoms with Crippen LogP contribution in [0.1, 0.15) is 53.5 Å². The maximum absolute atomic E-state index is 12.7. The Morgan fingerprint density at radius 2 is 2.00 bits per heavy atom. The van der Waals surface area contributed by atoms with E-state index >= 15 is 0 Å². The molecule has 140 valence electrons. The summed E-state index contributed by atoms with van der Waals surface area (Å²) in [5, 5.41) is 9.29. The van der Waals surface area contributed by atoms with Crippen molar-refractivity contribution in [1.82, 2.24) is 24.9 Å². The maximum Gasteiger partial charge on any atom is 0.276 e. The van der Waals surface area contributed by atoms with Crippen LogP contribution in [0.3, 0.4) is 0 Å². The Kier molecular flexibility index (Phi) is 5.29. The Bertz CT molecular complexity index is 898. The summed E-state index contributed by atoms with van der Waals surface area (Å²) in [5.74, 6) is -0.105. The van der Waals surface area contributed by atoms with Crippen molar-refractivity contribution in [2.75, 3.05) is 7.05 Å². The van der Waals surface area contributed by atoms with Gasteiger partial charge in [0.25, 0.3) is 5.91 Å². The van der Waals surface area contributed by atoms with Gasteiger partial charge in [-0.1, -0.05) is 54.8 Å². The van der Waals surface area contributed by atoms with Gasteiger partial charge in [0, 0.05) is 23.7 Å². The average Bonchev–Trinajstić information content (AvgIpc) is 3.39. The lowest BCUT2D eigenvalue weighted by molar-refractivity contribution is 0.0780. The second-order valence-electron chi connectivity index (χ2n) is 7.03. The van der Waals surface area contributed by atoms with Crippen LogP contribution in [-0.2, 0) is 6.54 Å². The first-order valence-electron chi connectivity index (χ1n) is 9.38. The number of aromatic nitrogens is 4. The second kappa shape index (κ2) is 8.00. The topological polar surface area (TPSA) is 63.9 Å². The summed E-state index contributed by atoms with van der Waals surface area (Å²) in [6, 6.07) is 10.5. The van der Waals surface area contributed by atoms with Gasteiger partial charge >= 0.3 is 0 Å². The van der Waals surface area contributed by atoms with Gasteiger partial charge in [-0.05, 0) is 12.8 Å². The molecule has 0 N–H and O–H groups in total. The molecule has 0 saturated heterocycles. The maximum atomic E-state index is 12.7. The van der Waals surface area contributed by atoms with Crippen molar-refractivity contribution in [2.45, 2.75) is 44.7 Å². The van der Waals surface area contributed by atoms with Crippen molar-refractivity contribution < 1.29 is 4.79 Å². The highest BCUT2D eigenvalue weighted by atomic mass is 32.1. The highest BCUT2D eigenvalue weighted by Gasteiger charge is 2.21. The van der Waals surface area contributed by atoms with Crippen LogP contribution in [0.25, 0.3) is 10.6 Å². The van der Waals surface area contributed by atoms with Gasteiger partial charge in [0.15, 0.2) is 5.69 Å². The second-order valence-corrected chi connectivity index (χ2v) is 8.15. The number of carbonyl (C=O) groups is 1. The first kappa shape index (κ1) is 17.9. The minimum Gasteiger partial charge on any atom is -0.335 e. The van der Waals surface area contributed by atoms with E-state index in [1.165, 1.54) is 19.3 Å². The van der Waals surface area contributed by atoms with Crippen molar-refractivity contribution in [2.24, 2.45) is 0 Å². The van der Waals surface area contributed by atoms with Crippen LogP contribution in [-0.4, -0.2) is 37.8 Å². The van der Waals surface area contributed by atoms with Gasteiger partial charge in [0.1, 0.15) is 5.01 Å². The Morgan fingerprint density at radius 3 is 2.78 bits per heavy atom. The molecule has 0 spiro atoms. The molecular weight excluding hydrogens is 358 g/mol. The highest BCUT2D eigenvalue weighted by Crippen LogP contribution is 2.28. The summed E-state index contributed by atoms with van der Waals surface area (Å²) >= 11 is 1.61. The molecule has 0 atom stereocenters. The molecule has 1 aromatic carbocycles. The Morgan fingerprint density at radius 1 is 1.22 bits per heavy atom. The quantitative estimate of drug-likeness (QED) is 0.665. The van der Waals surface area contributed by atoms with E-state index in [9.17, 15) is 4.79 Å². The van der Waals surface area contributed by atoms with Gasteiger partial charge in [-0.25, -0.2) is 9.67 Å². The zero-order chi connectivity index (χ0) is 18.6. The van der Waals surface area contributed by atoms with Gasteiger partial charge in [0.05, 0.1) is 18.8 Å². The molecule has 1 aliphatic carbocycles. The first-order valence-corrected chi connectivity index (χ1v) is 10.2. The zero-order valence-corrected chi connectivity index (χ0v) is 16.2. The van der Waals surface area contributed by atoms with Crippen molar-refractivity contribution in [3.8, 4) is 10.6 Å². The Hall–Kier alpha value is -2.54. The molecule has 1 aliphatic rings. The molecule has 1 amide bonds. The summed E-state index contributed by atoms with van der Waals surface area (Å²) in [7, 11) is 1.80. The van der Waals surface area contributed by atoms with E-state index in [0.717, 1.165) is 28.3 Å². The molecule has 1 saturated carbocycles. The monoisotopic (exact) mass is 381 g/mol. The molecule has 0 radical (unpaired) electrons. The predicted molar refractivity (Wildman–Crippen MR) is 105 cm³/mol. The molecule has 4 rings (SSSR count). The Balaban J connectivity index is 1.41. The number of nitrogens with zero attached hydrogens (tertiary/aromatic N) is 5. The predicted octanol–water partition coefficient (Wildman–Crippen LogP) is 4.18. The van der Waals surface area contributed by atoms with Gasteiger partial charge in [-0.2, -0.15) is 0 Å². The van der Waals surface area contributed by atoms with E-state index in [1.807, 2.05) is 41.2 Å². The molecular formula is C20H23N5OS. The van der Waals surface area contributed by atoms with Gasteiger partial charge in [-0.15, -0.1) is 16.4 Å². The highest BCUT2D eigenvalue weighted by molar-refractivity contribution is 7.15. The van der Waals surface area contributed by atoms with E-state index in [0.29, 0.717) is 18.3 Å². The lowest BCUT2D eigenvalue weighted by atomic mass is 9.96. The molecule has 0 bridgehead atoms. The molecule has 3 aromatic rings. The van der Waals surface area contributed by atoms with Crippen LogP contribution in [0, 0.1) is 0 Å². The molecule has 27 heavy (non-hydrogen) atoms. The van der Waals surface area contributed by atoms with Crippen LogP contribution >= 0.6 is 11.3 Å². The lowest BCUT2D eigenvalue weighted by Crippen LogP contribution is -2.26. The summed E-state index contributed by atoms with van der Waals surface area (Å²) in [6.45, 7) is 0.514. The van der Waals surface area contributed by atoms with E-state index < -0.39 is 0 Å². The molecule has 0 aliphatic heterocycles. The van der Waals surface area contributed by atoms with Crippen LogP contribution in [0.2, 0.25) is 0 Å². The normalized spacial score (nSPS) is 15.0. The molecule has 7 heteroatoms. The fourth-order valence-electron chi connectivity index (χ4n) is 3.49. The minimum absolute atomic E-state index is 0.105. The summed E-state index contributed by atoms with van der Waals surface area (Å²) < 4.78 is 1.88. The number of benzene rings is 1. The smallest absolute Gasteiger partial charge is 0.276 e. The summed E-state index contributed by atoms with van der Waals surface area (Å²) in [4.78, 5) is 19.9. The molecule has 2 heterocycles. The van der Waals surface area contributed by atoms with Crippen molar-refractivity contribution in [1.29, 1.82) is 0 Å². The van der Waals surface area contributed by atoms with Crippen molar-refractivity contribution >= 4 is 17.2 Å².